The zero-order chi connectivity index (χ0) is 17.0. The number of hydrogen-bond acceptors (Lipinski definition) is 2. The number of carbonyl (C=O) groups excluding carboxylic acids is 1. The molecule has 0 aliphatic rings. The zero-order valence-electron chi connectivity index (χ0n) is 12.1. The number of benzene rings is 1. The van der Waals surface area contributed by atoms with Gasteiger partial charge in [-0.25, -0.2) is 13.8 Å². The number of aromatic nitrogens is 1. The van der Waals surface area contributed by atoms with Gasteiger partial charge in [0, 0.05) is 17.8 Å². The van der Waals surface area contributed by atoms with Crippen LogP contribution in [-0.2, 0) is 4.79 Å². The Morgan fingerprint density at radius 3 is 2.74 bits per heavy atom. The third kappa shape index (κ3) is 4.86. The number of pyridine rings is 1. The van der Waals surface area contributed by atoms with Gasteiger partial charge in [0.25, 0.3) is 5.91 Å². The molecule has 0 fully saturated rings. The van der Waals surface area contributed by atoms with Crippen LogP contribution < -0.4 is 10.6 Å². The summed E-state index contributed by atoms with van der Waals surface area (Å²) in [6, 6.07) is 4.47. The van der Waals surface area contributed by atoms with E-state index in [4.69, 9.17) is 23.2 Å². The van der Waals surface area contributed by atoms with Crippen molar-refractivity contribution in [3.8, 4) is 0 Å². The molecular formula is C15H14Cl2F2N3O+. The zero-order valence-corrected chi connectivity index (χ0v) is 13.6. The molecule has 0 saturated carbocycles. The highest BCUT2D eigenvalue weighted by atomic mass is 35.5. The van der Waals surface area contributed by atoms with Gasteiger partial charge in [0.05, 0.1) is 10.0 Å². The molecule has 2 aromatic rings. The average Bonchev–Trinajstić information content (AvgIpc) is 2.48. The average molecular weight is 361 g/mol. The monoisotopic (exact) mass is 360 g/mol. The Morgan fingerprint density at radius 2 is 2.09 bits per heavy atom. The Hall–Kier alpha value is -1.76. The lowest BCUT2D eigenvalue weighted by Gasteiger charge is -2.12. The molecule has 3 N–H and O–H groups in total. The molecule has 8 heteroatoms. The molecule has 0 aliphatic carbocycles. The highest BCUT2D eigenvalue weighted by molar-refractivity contribution is 6.36. The molecule has 0 bridgehead atoms. The minimum atomic E-state index is -0.642. The van der Waals surface area contributed by atoms with E-state index < -0.39 is 11.6 Å². The molecule has 1 atom stereocenters. The molecule has 2 rings (SSSR count). The largest absolute Gasteiger partial charge is 0.332 e. The fourth-order valence-corrected chi connectivity index (χ4v) is 2.40. The van der Waals surface area contributed by atoms with Crippen molar-refractivity contribution < 1.29 is 18.9 Å². The molecule has 0 saturated heterocycles. The molecule has 0 unspecified atom stereocenters. The standard InChI is InChI=1S/C15H13Cl2F2N3O/c1-8(11-3-2-10(18)5-13(11)19)20-7-14(23)22-15-12(17)4-9(16)6-21-15/h2-6,8,20H,7H2,1H3,(H,21,22,23)/p+1/t8-/m0/s1. The molecular weight excluding hydrogens is 347 g/mol. The number of anilines is 1. The van der Waals surface area contributed by atoms with Gasteiger partial charge in [0.2, 0.25) is 0 Å². The first-order valence-electron chi connectivity index (χ1n) is 6.76. The number of nitrogens with one attached hydrogen (secondary N) is 1. The number of nitrogens with two attached hydrogens (primary N) is 1. The number of carbonyl (C=O) groups is 1. The van der Waals surface area contributed by atoms with E-state index in [1.54, 1.807) is 12.2 Å². The van der Waals surface area contributed by atoms with Crippen LogP contribution in [0.2, 0.25) is 10.0 Å². The van der Waals surface area contributed by atoms with Gasteiger partial charge in [-0.2, -0.15) is 0 Å². The number of amides is 1. The van der Waals surface area contributed by atoms with Crippen LogP contribution in [0.4, 0.5) is 14.6 Å². The lowest BCUT2D eigenvalue weighted by Crippen LogP contribution is -2.86. The minimum absolute atomic E-state index is 0.0264. The minimum Gasteiger partial charge on any atom is -0.332 e. The maximum Gasteiger partial charge on any atom is 0.280 e. The summed E-state index contributed by atoms with van der Waals surface area (Å²) in [5, 5.41) is 4.75. The van der Waals surface area contributed by atoms with Crippen molar-refractivity contribution >= 4 is 34.9 Å². The quantitative estimate of drug-likeness (QED) is 0.861. The molecule has 0 spiro atoms. The van der Waals surface area contributed by atoms with Crippen molar-refractivity contribution in [3.05, 3.63) is 57.7 Å². The topological polar surface area (TPSA) is 58.6 Å². The maximum absolute atomic E-state index is 13.7. The summed E-state index contributed by atoms with van der Waals surface area (Å²) in [6.45, 7) is 1.75. The van der Waals surface area contributed by atoms with E-state index in [0.717, 1.165) is 6.07 Å². The highest BCUT2D eigenvalue weighted by Crippen LogP contribution is 2.22. The Kier molecular flexibility index (Phi) is 5.87. The summed E-state index contributed by atoms with van der Waals surface area (Å²) in [5.74, 6) is -1.43. The Balaban J connectivity index is 1.93. The van der Waals surface area contributed by atoms with Gasteiger partial charge < -0.3 is 10.6 Å². The molecule has 1 amide bonds. The second-order valence-electron chi connectivity index (χ2n) is 4.93. The van der Waals surface area contributed by atoms with Gasteiger partial charge in [-0.05, 0) is 25.1 Å². The van der Waals surface area contributed by atoms with Crippen LogP contribution in [-0.4, -0.2) is 17.4 Å². The second kappa shape index (κ2) is 7.68. The van der Waals surface area contributed by atoms with E-state index in [1.807, 2.05) is 0 Å². The van der Waals surface area contributed by atoms with Gasteiger partial charge in [0.1, 0.15) is 17.7 Å². The summed E-state index contributed by atoms with van der Waals surface area (Å²) in [5.41, 5.74) is 0.321. The first kappa shape index (κ1) is 17.6. The summed E-state index contributed by atoms with van der Waals surface area (Å²) in [7, 11) is 0. The van der Waals surface area contributed by atoms with Crippen molar-refractivity contribution in [2.45, 2.75) is 13.0 Å². The van der Waals surface area contributed by atoms with Crippen LogP contribution in [0.15, 0.2) is 30.5 Å². The summed E-state index contributed by atoms with van der Waals surface area (Å²) in [4.78, 5) is 15.8. The summed E-state index contributed by atoms with van der Waals surface area (Å²) < 4.78 is 26.6. The molecule has 0 aliphatic heterocycles. The molecule has 1 aromatic carbocycles. The van der Waals surface area contributed by atoms with E-state index >= 15 is 0 Å². The van der Waals surface area contributed by atoms with E-state index in [2.05, 4.69) is 10.3 Å². The van der Waals surface area contributed by atoms with E-state index in [1.165, 1.54) is 24.4 Å². The van der Waals surface area contributed by atoms with Crippen LogP contribution in [0.25, 0.3) is 0 Å². The van der Waals surface area contributed by atoms with Gasteiger partial charge in [-0.3, -0.25) is 4.79 Å². The fourth-order valence-electron chi connectivity index (χ4n) is 1.97. The molecule has 23 heavy (non-hydrogen) atoms. The fraction of sp³-hybridized carbons (Fsp3) is 0.200. The first-order valence-corrected chi connectivity index (χ1v) is 7.51. The number of rotatable bonds is 5. The summed E-state index contributed by atoms with van der Waals surface area (Å²) in [6.07, 6.45) is 1.36. The smallest absolute Gasteiger partial charge is 0.280 e. The lowest BCUT2D eigenvalue weighted by atomic mass is 10.1. The summed E-state index contributed by atoms with van der Waals surface area (Å²) >= 11 is 11.6. The van der Waals surface area contributed by atoms with Crippen molar-refractivity contribution in [3.63, 3.8) is 0 Å². The maximum atomic E-state index is 13.7. The van der Waals surface area contributed by atoms with E-state index in [9.17, 15) is 13.6 Å². The third-order valence-electron chi connectivity index (χ3n) is 3.18. The van der Waals surface area contributed by atoms with Gasteiger partial charge >= 0.3 is 0 Å². The normalized spacial score (nSPS) is 12.0. The molecule has 1 heterocycles. The van der Waals surface area contributed by atoms with Gasteiger partial charge in [-0.15, -0.1) is 0 Å². The van der Waals surface area contributed by atoms with Crippen LogP contribution >= 0.6 is 23.2 Å². The number of quaternary nitrogens is 1. The van der Waals surface area contributed by atoms with Crippen LogP contribution in [0.1, 0.15) is 18.5 Å². The predicted molar refractivity (Wildman–Crippen MR) is 84.5 cm³/mol. The van der Waals surface area contributed by atoms with Crippen molar-refractivity contribution in [1.29, 1.82) is 0 Å². The predicted octanol–water partition coefficient (Wildman–Crippen LogP) is 2.93. The molecule has 0 radical (unpaired) electrons. The van der Waals surface area contributed by atoms with Crippen LogP contribution in [0, 0.1) is 11.6 Å². The van der Waals surface area contributed by atoms with Crippen molar-refractivity contribution in [2.75, 3.05) is 11.9 Å². The molecule has 4 nitrogen and oxygen atoms in total. The van der Waals surface area contributed by atoms with E-state index in [-0.39, 0.29) is 29.3 Å². The van der Waals surface area contributed by atoms with Crippen molar-refractivity contribution in [2.24, 2.45) is 0 Å². The van der Waals surface area contributed by atoms with Crippen molar-refractivity contribution in [1.82, 2.24) is 4.98 Å². The molecule has 122 valence electrons. The molecule has 1 aromatic heterocycles. The Morgan fingerprint density at radius 1 is 1.35 bits per heavy atom. The van der Waals surface area contributed by atoms with Gasteiger partial charge in [0.15, 0.2) is 12.4 Å². The third-order valence-corrected chi connectivity index (χ3v) is 3.67. The lowest BCUT2D eigenvalue weighted by molar-refractivity contribution is -0.682. The highest BCUT2D eigenvalue weighted by Gasteiger charge is 2.17. The Bertz CT molecular complexity index is 728. The van der Waals surface area contributed by atoms with Crippen LogP contribution in [0.3, 0.4) is 0 Å². The number of nitrogens with zero attached hydrogens (tertiary/aromatic N) is 1. The number of halogens is 4. The van der Waals surface area contributed by atoms with E-state index in [0.29, 0.717) is 10.6 Å². The number of hydrogen-bond donors (Lipinski definition) is 2. The SMILES string of the molecule is C[C@H]([NH2+]CC(=O)Nc1ncc(Cl)cc1Cl)c1ccc(F)cc1F. The Labute approximate surface area is 141 Å². The first-order chi connectivity index (χ1) is 10.9. The van der Waals surface area contributed by atoms with Gasteiger partial charge in [-0.1, -0.05) is 23.2 Å². The van der Waals surface area contributed by atoms with Crippen LogP contribution in [0.5, 0.6) is 0 Å². The second-order valence-corrected chi connectivity index (χ2v) is 5.77.